The highest BCUT2D eigenvalue weighted by atomic mass is 79.9. The van der Waals surface area contributed by atoms with Crippen molar-refractivity contribution in [3.63, 3.8) is 0 Å². The van der Waals surface area contributed by atoms with E-state index in [2.05, 4.69) is 41.2 Å². The molecule has 8 heteroatoms. The molecule has 188 valence electrons. The Morgan fingerprint density at radius 2 is 1.06 bits per heavy atom. The average Bonchev–Trinajstić information content (AvgIpc) is 2.85. The lowest BCUT2D eigenvalue weighted by Crippen LogP contribution is -1.92. The first kappa shape index (κ1) is 29.7. The minimum absolute atomic E-state index is 0.139. The Hall–Kier alpha value is -2.55. The van der Waals surface area contributed by atoms with E-state index >= 15 is 0 Å². The van der Waals surface area contributed by atoms with Gasteiger partial charge in [-0.2, -0.15) is 12.6 Å². The minimum Gasteiger partial charge on any atom is -0.288 e. The van der Waals surface area contributed by atoms with E-state index < -0.39 is 23.3 Å². The highest BCUT2D eigenvalue weighted by Gasteiger charge is 2.11. The van der Waals surface area contributed by atoms with Gasteiger partial charge >= 0.3 is 0 Å². The molecule has 0 aliphatic heterocycles. The summed E-state index contributed by atoms with van der Waals surface area (Å²) < 4.78 is 53.7. The van der Waals surface area contributed by atoms with E-state index in [1.165, 1.54) is 19.1 Å². The van der Waals surface area contributed by atoms with E-state index in [4.69, 9.17) is 0 Å². The maximum Gasteiger partial charge on any atom is 0.182 e. The number of carbonyl (C=O) groups excluding carboxylic acids is 1. The van der Waals surface area contributed by atoms with Crippen LogP contribution in [0.25, 0.3) is 22.3 Å². The van der Waals surface area contributed by atoms with Crippen LogP contribution in [0.5, 0.6) is 0 Å². The zero-order valence-electron chi connectivity index (χ0n) is 19.2. The number of thiol groups is 2. The maximum atomic E-state index is 13.6. The summed E-state index contributed by atoms with van der Waals surface area (Å²) in [6.07, 6.45) is 0. The molecule has 1 nitrogen and oxygen atoms in total. The molecule has 4 aromatic carbocycles. The second-order valence-electron chi connectivity index (χ2n) is 7.39. The quantitative estimate of drug-likeness (QED) is 0.137. The second kappa shape index (κ2) is 14.9. The van der Waals surface area contributed by atoms with Crippen LogP contribution in [0, 0.1) is 23.3 Å². The third-order valence-corrected chi connectivity index (χ3v) is 5.70. The van der Waals surface area contributed by atoms with Crippen molar-refractivity contribution in [2.45, 2.75) is 18.0 Å². The summed E-state index contributed by atoms with van der Waals surface area (Å²) in [6, 6.07) is 23.1. The van der Waals surface area contributed by atoms with Gasteiger partial charge in [0.25, 0.3) is 0 Å². The number of hydrogen-bond acceptors (Lipinski definition) is 2. The zero-order valence-corrected chi connectivity index (χ0v) is 22.6. The molecule has 0 saturated heterocycles. The summed E-state index contributed by atoms with van der Waals surface area (Å²) >= 11 is 10.5. The monoisotopic (exact) mass is 594 g/mol. The number of rotatable bonds is 4. The highest BCUT2D eigenvalue weighted by molar-refractivity contribution is 9.08. The third-order valence-electron chi connectivity index (χ3n) is 4.76. The van der Waals surface area contributed by atoms with Crippen molar-refractivity contribution < 1.29 is 22.4 Å². The standard InChI is InChI=1S/C13H9BrF2.C13H10F2S.C2H4OS/c14-8-10-6-11(13(16)7-12(10)15)9-4-2-1-3-5-9;14-12-7-13(15)11(6-10(12)8-16)9-4-2-1-3-5-9;1-2(3)4/h1-7H,8H2;1-7,16H,8H2;1H3,(H,3,4). The van der Waals surface area contributed by atoms with Crippen molar-refractivity contribution in [3.05, 3.63) is 119 Å². The molecule has 0 aliphatic rings. The number of benzene rings is 4. The van der Waals surface area contributed by atoms with E-state index in [0.717, 1.165) is 23.3 Å². The highest BCUT2D eigenvalue weighted by Crippen LogP contribution is 2.27. The van der Waals surface area contributed by atoms with Crippen molar-refractivity contribution in [2.75, 3.05) is 0 Å². The smallest absolute Gasteiger partial charge is 0.182 e. The van der Waals surface area contributed by atoms with Crippen LogP contribution in [0.2, 0.25) is 0 Å². The molecular weight excluding hydrogens is 572 g/mol. The zero-order chi connectivity index (χ0) is 26.7. The fraction of sp³-hybridized carbons (Fsp3) is 0.107. The van der Waals surface area contributed by atoms with Crippen molar-refractivity contribution >= 4 is 46.3 Å². The topological polar surface area (TPSA) is 17.1 Å². The molecule has 0 unspecified atom stereocenters. The fourth-order valence-electron chi connectivity index (χ4n) is 3.09. The molecule has 0 radical (unpaired) electrons. The summed E-state index contributed by atoms with van der Waals surface area (Å²) in [4.78, 5) is 9.31. The minimum atomic E-state index is -0.549. The van der Waals surface area contributed by atoms with Crippen LogP contribution in [0.3, 0.4) is 0 Å². The number of alkyl halides is 1. The van der Waals surface area contributed by atoms with Crippen LogP contribution in [0.4, 0.5) is 17.6 Å². The first-order valence-electron chi connectivity index (χ1n) is 10.6. The normalized spacial score (nSPS) is 10.0. The van der Waals surface area contributed by atoms with Gasteiger partial charge in [0.1, 0.15) is 23.3 Å². The summed E-state index contributed by atoms with van der Waals surface area (Å²) in [5.41, 5.74) is 3.19. The Bertz CT molecular complexity index is 1190. The number of hydrogen-bond donors (Lipinski definition) is 2. The maximum absolute atomic E-state index is 13.6. The van der Waals surface area contributed by atoms with E-state index in [1.54, 1.807) is 24.3 Å². The number of halogens is 5. The number of carbonyl (C=O) groups is 1. The average molecular weight is 596 g/mol. The molecule has 0 amide bonds. The van der Waals surface area contributed by atoms with Gasteiger partial charge in [0.05, 0.1) is 0 Å². The van der Waals surface area contributed by atoms with E-state index in [9.17, 15) is 22.4 Å². The fourth-order valence-corrected chi connectivity index (χ4v) is 3.76. The van der Waals surface area contributed by atoms with E-state index in [1.807, 2.05) is 36.4 Å². The molecule has 0 atom stereocenters. The van der Waals surface area contributed by atoms with E-state index in [0.29, 0.717) is 27.6 Å². The molecule has 0 spiro atoms. The molecule has 36 heavy (non-hydrogen) atoms. The van der Waals surface area contributed by atoms with Gasteiger partial charge in [0.15, 0.2) is 5.12 Å². The predicted molar refractivity (Wildman–Crippen MR) is 149 cm³/mol. The molecule has 0 heterocycles. The summed E-state index contributed by atoms with van der Waals surface area (Å²) in [5, 5.41) is 0.235. The van der Waals surface area contributed by atoms with Gasteiger partial charge in [-0.05, 0) is 34.4 Å². The van der Waals surface area contributed by atoms with Crippen molar-refractivity contribution in [1.82, 2.24) is 0 Å². The SMILES string of the molecule is CC(=O)S.Fc1cc(F)c(-c2ccccc2)cc1CBr.Fc1cc(F)c(-c2ccccc2)cc1CS. The summed E-state index contributed by atoms with van der Waals surface area (Å²) in [5.74, 6) is -1.89. The molecule has 0 bridgehead atoms. The Balaban J connectivity index is 0.000000221. The predicted octanol–water partition coefficient (Wildman–Crippen LogP) is 9.05. The Morgan fingerprint density at radius 3 is 1.42 bits per heavy atom. The van der Waals surface area contributed by atoms with Gasteiger partial charge in [-0.25, -0.2) is 17.6 Å². The van der Waals surface area contributed by atoms with Crippen LogP contribution in [-0.4, -0.2) is 5.12 Å². The van der Waals surface area contributed by atoms with Crippen molar-refractivity contribution in [1.29, 1.82) is 0 Å². The van der Waals surface area contributed by atoms with Crippen LogP contribution in [0.1, 0.15) is 18.1 Å². The molecule has 4 rings (SSSR count). The lowest BCUT2D eigenvalue weighted by molar-refractivity contribution is -0.108. The second-order valence-corrected chi connectivity index (χ2v) is 8.90. The molecule has 0 aliphatic carbocycles. The van der Waals surface area contributed by atoms with Crippen LogP contribution >= 0.6 is 41.2 Å². The third kappa shape index (κ3) is 8.84. The van der Waals surface area contributed by atoms with E-state index in [-0.39, 0.29) is 10.9 Å². The van der Waals surface area contributed by atoms with Gasteiger partial charge in [0, 0.05) is 41.3 Å². The molecule has 0 fully saturated rings. The van der Waals surface area contributed by atoms with Crippen LogP contribution < -0.4 is 0 Å². The Kier molecular flexibility index (Phi) is 12.3. The summed E-state index contributed by atoms with van der Waals surface area (Å²) in [6.45, 7) is 1.39. The largest absolute Gasteiger partial charge is 0.288 e. The molecule has 0 N–H and O–H groups in total. The van der Waals surface area contributed by atoms with Crippen molar-refractivity contribution in [3.8, 4) is 22.3 Å². The van der Waals surface area contributed by atoms with Gasteiger partial charge in [-0.15, -0.1) is 12.6 Å². The van der Waals surface area contributed by atoms with Gasteiger partial charge in [-0.1, -0.05) is 76.6 Å². The lowest BCUT2D eigenvalue weighted by Gasteiger charge is -2.06. The van der Waals surface area contributed by atoms with Crippen LogP contribution in [0.15, 0.2) is 84.9 Å². The molecule has 4 aromatic rings. The molecule has 0 aromatic heterocycles. The molecular formula is C28H23BrF4OS2. The molecule has 0 saturated carbocycles. The van der Waals surface area contributed by atoms with Gasteiger partial charge in [0.2, 0.25) is 0 Å². The van der Waals surface area contributed by atoms with Gasteiger partial charge in [-0.3, -0.25) is 4.79 Å². The first-order chi connectivity index (χ1) is 17.2. The Labute approximate surface area is 227 Å². The van der Waals surface area contributed by atoms with Crippen molar-refractivity contribution in [2.24, 2.45) is 0 Å². The van der Waals surface area contributed by atoms with Gasteiger partial charge < -0.3 is 0 Å². The lowest BCUT2D eigenvalue weighted by atomic mass is 10.0. The Morgan fingerprint density at radius 1 is 0.694 bits per heavy atom. The van der Waals surface area contributed by atoms with Crippen LogP contribution in [-0.2, 0) is 15.9 Å². The summed E-state index contributed by atoms with van der Waals surface area (Å²) in [7, 11) is 0. The first-order valence-corrected chi connectivity index (χ1v) is 12.8.